The molecule has 0 aliphatic carbocycles. The third-order valence-electron chi connectivity index (χ3n) is 3.23. The van der Waals surface area contributed by atoms with Crippen molar-refractivity contribution in [3.63, 3.8) is 0 Å². The fourth-order valence-electron chi connectivity index (χ4n) is 2.00. The van der Waals surface area contributed by atoms with E-state index < -0.39 is 10.1 Å². The van der Waals surface area contributed by atoms with Crippen molar-refractivity contribution < 1.29 is 13.0 Å². The number of hydrogen-bond donors (Lipinski definition) is 3. The molecule has 0 bridgehead atoms. The molecular formula is C14H16N2O3S. The Hall–Kier alpha value is -2.05. The molecule has 6 heteroatoms. The van der Waals surface area contributed by atoms with Gasteiger partial charge in [0.05, 0.1) is 5.69 Å². The van der Waals surface area contributed by atoms with E-state index in [0.29, 0.717) is 16.8 Å². The van der Waals surface area contributed by atoms with Gasteiger partial charge in [0.15, 0.2) is 0 Å². The molecule has 0 amide bonds. The van der Waals surface area contributed by atoms with Crippen molar-refractivity contribution in [1.29, 1.82) is 0 Å². The lowest BCUT2D eigenvalue weighted by atomic mass is 10.00. The van der Waals surface area contributed by atoms with E-state index >= 15 is 0 Å². The Kier molecular flexibility index (Phi) is 3.45. The van der Waals surface area contributed by atoms with Crippen molar-refractivity contribution in [3.8, 4) is 11.1 Å². The number of hydrogen-bond acceptors (Lipinski definition) is 4. The number of anilines is 2. The maximum atomic E-state index is 11.4. The summed E-state index contributed by atoms with van der Waals surface area (Å²) in [7, 11) is -4.35. The molecule has 2 rings (SSSR count). The lowest BCUT2D eigenvalue weighted by molar-refractivity contribution is 0.483. The van der Waals surface area contributed by atoms with Gasteiger partial charge >= 0.3 is 0 Å². The van der Waals surface area contributed by atoms with Gasteiger partial charge in [-0.05, 0) is 60.4 Å². The predicted molar refractivity (Wildman–Crippen MR) is 80.0 cm³/mol. The molecule has 0 atom stereocenters. The molecule has 0 unspecified atom stereocenters. The molecule has 0 spiro atoms. The monoisotopic (exact) mass is 292 g/mol. The smallest absolute Gasteiger partial charge is 0.296 e. The Morgan fingerprint density at radius 2 is 1.55 bits per heavy atom. The van der Waals surface area contributed by atoms with E-state index in [9.17, 15) is 13.0 Å². The summed E-state index contributed by atoms with van der Waals surface area (Å²) in [5.74, 6) is 0. The highest BCUT2D eigenvalue weighted by Gasteiger charge is 2.17. The number of rotatable bonds is 2. The maximum absolute atomic E-state index is 11.4. The van der Waals surface area contributed by atoms with Crippen LogP contribution in [0.5, 0.6) is 0 Å². The van der Waals surface area contributed by atoms with E-state index in [4.69, 9.17) is 11.5 Å². The first-order chi connectivity index (χ1) is 9.20. The Labute approximate surface area is 118 Å². The van der Waals surface area contributed by atoms with Crippen molar-refractivity contribution in [3.05, 3.63) is 41.5 Å². The highest BCUT2D eigenvalue weighted by molar-refractivity contribution is 7.86. The molecule has 5 nitrogen and oxygen atoms in total. The zero-order valence-electron chi connectivity index (χ0n) is 11.2. The minimum atomic E-state index is -4.35. The van der Waals surface area contributed by atoms with Crippen LogP contribution in [-0.2, 0) is 10.1 Å². The van der Waals surface area contributed by atoms with E-state index in [1.54, 1.807) is 25.1 Å². The normalized spacial score (nSPS) is 11.6. The number of benzene rings is 2. The largest absolute Gasteiger partial charge is 0.399 e. The van der Waals surface area contributed by atoms with Crippen LogP contribution < -0.4 is 11.5 Å². The minimum Gasteiger partial charge on any atom is -0.399 e. The summed E-state index contributed by atoms with van der Waals surface area (Å²) in [4.78, 5) is -0.276. The lowest BCUT2D eigenvalue weighted by Gasteiger charge is -2.11. The zero-order chi connectivity index (χ0) is 15.1. The van der Waals surface area contributed by atoms with Crippen LogP contribution in [0.15, 0.2) is 35.2 Å². The van der Waals surface area contributed by atoms with Crippen molar-refractivity contribution in [2.75, 3.05) is 11.5 Å². The van der Waals surface area contributed by atoms with E-state index in [-0.39, 0.29) is 10.6 Å². The predicted octanol–water partition coefficient (Wildman–Crippen LogP) is 2.38. The second-order valence-corrected chi connectivity index (χ2v) is 6.14. The summed E-state index contributed by atoms with van der Waals surface area (Å²) >= 11 is 0. The molecule has 0 heterocycles. The molecule has 20 heavy (non-hydrogen) atoms. The molecule has 2 aromatic carbocycles. The summed E-state index contributed by atoms with van der Waals surface area (Å²) in [6, 6.07) is 8.54. The molecule has 0 radical (unpaired) electrons. The summed E-state index contributed by atoms with van der Waals surface area (Å²) in [6.45, 7) is 3.56. The second-order valence-electron chi connectivity index (χ2n) is 4.75. The first-order valence-corrected chi connectivity index (χ1v) is 7.38. The average molecular weight is 292 g/mol. The standard InChI is InChI=1S/C14H16N2O3S/c1-8-5-10(3-4-12(8)15)11-6-9(2)14(16)13(7-11)20(17,18)19/h3-7H,15-16H2,1-2H3,(H,17,18,19). The summed E-state index contributed by atoms with van der Waals surface area (Å²) < 4.78 is 32.0. The third kappa shape index (κ3) is 2.61. The van der Waals surface area contributed by atoms with Gasteiger partial charge in [-0.1, -0.05) is 6.07 Å². The molecule has 106 valence electrons. The summed E-state index contributed by atoms with van der Waals surface area (Å²) in [5, 5.41) is 0. The van der Waals surface area contributed by atoms with Crippen LogP contribution in [0.3, 0.4) is 0 Å². The van der Waals surface area contributed by atoms with Gasteiger partial charge in [-0.2, -0.15) is 8.42 Å². The van der Waals surface area contributed by atoms with Gasteiger partial charge < -0.3 is 11.5 Å². The fraction of sp³-hybridized carbons (Fsp3) is 0.143. The first kappa shape index (κ1) is 14.4. The van der Waals surface area contributed by atoms with Crippen LogP contribution in [0.25, 0.3) is 11.1 Å². The minimum absolute atomic E-state index is 0.0587. The Morgan fingerprint density at radius 1 is 0.950 bits per heavy atom. The van der Waals surface area contributed by atoms with Crippen molar-refractivity contribution in [1.82, 2.24) is 0 Å². The number of aryl methyl sites for hydroxylation is 2. The third-order valence-corrected chi connectivity index (χ3v) is 4.12. The SMILES string of the molecule is Cc1cc(-c2cc(C)c(N)c(S(=O)(=O)O)c2)ccc1N. The summed E-state index contributed by atoms with van der Waals surface area (Å²) in [5.41, 5.74) is 15.1. The van der Waals surface area contributed by atoms with Crippen molar-refractivity contribution in [2.24, 2.45) is 0 Å². The Balaban J connectivity index is 2.70. The molecular weight excluding hydrogens is 276 g/mol. The molecule has 2 aromatic rings. The molecule has 0 aromatic heterocycles. The molecule has 0 fully saturated rings. The van der Waals surface area contributed by atoms with E-state index in [1.807, 2.05) is 13.0 Å². The van der Waals surface area contributed by atoms with E-state index in [2.05, 4.69) is 0 Å². The topological polar surface area (TPSA) is 106 Å². The van der Waals surface area contributed by atoms with Crippen LogP contribution >= 0.6 is 0 Å². The fourth-order valence-corrected chi connectivity index (χ4v) is 2.72. The molecule has 0 aliphatic heterocycles. The van der Waals surface area contributed by atoms with Crippen LogP contribution in [0.4, 0.5) is 11.4 Å². The van der Waals surface area contributed by atoms with Gasteiger partial charge in [-0.15, -0.1) is 0 Å². The van der Waals surface area contributed by atoms with Crippen LogP contribution in [0.2, 0.25) is 0 Å². The zero-order valence-corrected chi connectivity index (χ0v) is 12.0. The summed E-state index contributed by atoms with van der Waals surface area (Å²) in [6.07, 6.45) is 0. The maximum Gasteiger partial charge on any atom is 0.296 e. The molecule has 5 N–H and O–H groups in total. The van der Waals surface area contributed by atoms with Gasteiger partial charge in [0.25, 0.3) is 10.1 Å². The first-order valence-electron chi connectivity index (χ1n) is 5.94. The number of nitrogen functional groups attached to an aromatic ring is 2. The van der Waals surface area contributed by atoms with Crippen molar-refractivity contribution in [2.45, 2.75) is 18.7 Å². The van der Waals surface area contributed by atoms with Crippen molar-refractivity contribution >= 4 is 21.5 Å². The van der Waals surface area contributed by atoms with E-state index in [1.165, 1.54) is 6.07 Å². The van der Waals surface area contributed by atoms with E-state index in [0.717, 1.165) is 11.1 Å². The van der Waals surface area contributed by atoms with Gasteiger partial charge in [0.2, 0.25) is 0 Å². The van der Waals surface area contributed by atoms with Gasteiger partial charge in [0.1, 0.15) is 4.90 Å². The van der Waals surface area contributed by atoms with Crippen LogP contribution in [-0.4, -0.2) is 13.0 Å². The second kappa shape index (κ2) is 4.81. The average Bonchev–Trinajstić information content (AvgIpc) is 2.34. The molecule has 0 saturated heterocycles. The quantitative estimate of drug-likeness (QED) is 0.582. The van der Waals surface area contributed by atoms with Crippen LogP contribution in [0, 0.1) is 13.8 Å². The van der Waals surface area contributed by atoms with Crippen LogP contribution in [0.1, 0.15) is 11.1 Å². The Bertz CT molecular complexity index is 783. The van der Waals surface area contributed by atoms with Gasteiger partial charge in [-0.25, -0.2) is 0 Å². The Morgan fingerprint density at radius 3 is 2.10 bits per heavy atom. The highest BCUT2D eigenvalue weighted by atomic mass is 32.2. The van der Waals surface area contributed by atoms with Gasteiger partial charge in [-0.3, -0.25) is 4.55 Å². The van der Waals surface area contributed by atoms with Gasteiger partial charge in [0, 0.05) is 5.69 Å². The molecule has 0 aliphatic rings. The molecule has 0 saturated carbocycles. The number of nitrogens with two attached hydrogens (primary N) is 2. The highest BCUT2D eigenvalue weighted by Crippen LogP contribution is 2.31. The lowest BCUT2D eigenvalue weighted by Crippen LogP contribution is -2.05.